The number of sulfonamides is 1. The molecule has 3 saturated carbocycles. The molecule has 4 atom stereocenters. The number of hydrogen-bond donors (Lipinski definition) is 4. The molecule has 5 amide bonds. The number of nitrogens with zero attached hydrogens (tertiary/aromatic N) is 2. The van der Waals surface area contributed by atoms with Crippen molar-refractivity contribution < 1.29 is 32.4 Å². The largest absolute Gasteiger partial charge is 0.346 e. The molecule has 49 heavy (non-hydrogen) atoms. The molecule has 4 fully saturated rings. The van der Waals surface area contributed by atoms with Gasteiger partial charge >= 0.3 is 0 Å². The minimum atomic E-state index is -3.91. The highest BCUT2D eigenvalue weighted by Crippen LogP contribution is 2.39. The normalized spacial score (nSPS) is 24.5. The lowest BCUT2D eigenvalue weighted by atomic mass is 9.71. The zero-order valence-corrected chi connectivity index (χ0v) is 28.9. The lowest BCUT2D eigenvalue weighted by molar-refractivity contribution is -0.145. The molecule has 4 N–H and O–H groups in total. The first-order valence-corrected chi connectivity index (χ1v) is 18.4. The number of rotatable bonds is 11. The van der Waals surface area contributed by atoms with Gasteiger partial charge in [0.25, 0.3) is 11.8 Å². The first-order valence-electron chi connectivity index (χ1n) is 16.9. The van der Waals surface area contributed by atoms with Crippen molar-refractivity contribution in [3.8, 4) is 0 Å². The maximum absolute atomic E-state index is 14.4. The van der Waals surface area contributed by atoms with Crippen LogP contribution in [0, 0.1) is 11.3 Å². The molecule has 4 aliphatic rings. The highest BCUT2D eigenvalue weighted by atomic mass is 32.2. The number of benzene rings is 1. The topological polar surface area (TPSA) is 184 Å². The summed E-state index contributed by atoms with van der Waals surface area (Å²) >= 11 is 0. The molecule has 1 aliphatic heterocycles. The van der Waals surface area contributed by atoms with E-state index in [0.29, 0.717) is 42.6 Å². The number of pyridine rings is 1. The van der Waals surface area contributed by atoms with Gasteiger partial charge in [0.15, 0.2) is 0 Å². The number of likely N-dealkylation sites (tertiary alicyclic amines) is 1. The Bertz CT molecular complexity index is 1830. The van der Waals surface area contributed by atoms with Crippen molar-refractivity contribution in [2.24, 2.45) is 11.3 Å². The summed E-state index contributed by atoms with van der Waals surface area (Å²) in [5.41, 5.74) is -1.84. The van der Waals surface area contributed by atoms with E-state index in [1.807, 2.05) is 32.9 Å². The van der Waals surface area contributed by atoms with Gasteiger partial charge in [-0.15, -0.1) is 0 Å². The Hall–Kier alpha value is -4.33. The van der Waals surface area contributed by atoms with Gasteiger partial charge in [0.05, 0.1) is 5.25 Å². The van der Waals surface area contributed by atoms with Gasteiger partial charge in [-0.1, -0.05) is 51.6 Å². The molecule has 0 spiro atoms. The van der Waals surface area contributed by atoms with E-state index in [1.54, 1.807) is 18.2 Å². The van der Waals surface area contributed by atoms with Crippen LogP contribution in [-0.2, 0) is 29.2 Å². The predicted molar refractivity (Wildman–Crippen MR) is 181 cm³/mol. The van der Waals surface area contributed by atoms with Crippen LogP contribution < -0.4 is 20.7 Å². The van der Waals surface area contributed by atoms with Crippen LogP contribution in [0.2, 0.25) is 0 Å². The molecule has 1 aromatic carbocycles. The van der Waals surface area contributed by atoms with Crippen molar-refractivity contribution in [2.75, 3.05) is 6.54 Å². The second kappa shape index (κ2) is 12.8. The summed E-state index contributed by atoms with van der Waals surface area (Å²) in [6.07, 6.45) is 5.23. The van der Waals surface area contributed by atoms with Gasteiger partial charge in [-0.05, 0) is 73.3 Å². The molecule has 0 bridgehead atoms. The Balaban J connectivity index is 1.26. The molecule has 6 rings (SSSR count). The van der Waals surface area contributed by atoms with Crippen molar-refractivity contribution >= 4 is 50.3 Å². The lowest BCUT2D eigenvalue weighted by Crippen LogP contribution is -2.67. The van der Waals surface area contributed by atoms with Gasteiger partial charge in [0.1, 0.15) is 23.3 Å². The van der Waals surface area contributed by atoms with Crippen LogP contribution in [0.1, 0.15) is 82.6 Å². The average Bonchev–Trinajstić information content (AvgIpc) is 3.98. The SMILES string of the molecule is C=C1CCC1(NC(=O)[C@@H]1C[C@@H](NC(=O)c2nccc3ccccc23)CN1C(=O)[C@@H](NC(=O)CC1CC1)C(C)(C)C)C(=O)NS(=O)(=O)C1CC1. The Morgan fingerprint density at radius 1 is 1.06 bits per heavy atom. The second-order valence-corrected chi connectivity index (χ2v) is 16.9. The van der Waals surface area contributed by atoms with Gasteiger partial charge < -0.3 is 20.9 Å². The molecular weight excluding hydrogens is 648 g/mol. The third kappa shape index (κ3) is 7.19. The molecule has 2 heterocycles. The van der Waals surface area contributed by atoms with Crippen LogP contribution in [0.4, 0.5) is 0 Å². The molecule has 2 aromatic rings. The molecular formula is C35H44N6O7S. The van der Waals surface area contributed by atoms with Crippen molar-refractivity contribution in [2.45, 2.75) is 101 Å². The quantitative estimate of drug-likeness (QED) is 0.258. The number of aromatic nitrogens is 1. The van der Waals surface area contributed by atoms with E-state index in [2.05, 4.69) is 32.2 Å². The molecule has 1 aromatic heterocycles. The first-order chi connectivity index (χ1) is 23.1. The molecule has 1 saturated heterocycles. The van der Waals surface area contributed by atoms with E-state index in [0.717, 1.165) is 18.2 Å². The predicted octanol–water partition coefficient (Wildman–Crippen LogP) is 2.08. The Morgan fingerprint density at radius 2 is 1.78 bits per heavy atom. The fraction of sp³-hybridized carbons (Fsp3) is 0.543. The summed E-state index contributed by atoms with van der Waals surface area (Å²) in [5.74, 6) is -2.50. The monoisotopic (exact) mass is 692 g/mol. The molecule has 1 unspecified atom stereocenters. The minimum absolute atomic E-state index is 0.00547. The number of hydrogen-bond acceptors (Lipinski definition) is 8. The van der Waals surface area contributed by atoms with Crippen molar-refractivity contribution in [3.05, 3.63) is 54.4 Å². The third-order valence-corrected chi connectivity index (χ3v) is 11.8. The second-order valence-electron chi connectivity index (χ2n) is 15.0. The summed E-state index contributed by atoms with van der Waals surface area (Å²) in [6.45, 7) is 9.35. The molecule has 262 valence electrons. The van der Waals surface area contributed by atoms with Gasteiger partial charge in [-0.3, -0.25) is 33.7 Å². The van der Waals surface area contributed by atoms with E-state index >= 15 is 0 Å². The first kappa shape index (κ1) is 34.5. The summed E-state index contributed by atoms with van der Waals surface area (Å²) < 4.78 is 27.4. The van der Waals surface area contributed by atoms with Crippen LogP contribution in [0.5, 0.6) is 0 Å². The van der Waals surface area contributed by atoms with Crippen molar-refractivity contribution in [1.29, 1.82) is 0 Å². The summed E-state index contributed by atoms with van der Waals surface area (Å²) in [6, 6.07) is 6.29. The smallest absolute Gasteiger partial charge is 0.270 e. The van der Waals surface area contributed by atoms with E-state index in [4.69, 9.17) is 0 Å². The summed E-state index contributed by atoms with van der Waals surface area (Å²) in [7, 11) is -3.91. The fourth-order valence-corrected chi connectivity index (χ4v) is 7.97. The van der Waals surface area contributed by atoms with E-state index in [9.17, 15) is 32.4 Å². The number of carbonyl (C=O) groups is 5. The molecule has 3 aliphatic carbocycles. The molecule has 0 radical (unpaired) electrons. The van der Waals surface area contributed by atoms with Crippen molar-refractivity contribution in [1.82, 2.24) is 30.6 Å². The Labute approximate surface area is 286 Å². The van der Waals surface area contributed by atoms with Gasteiger partial charge in [0, 0.05) is 30.6 Å². The van der Waals surface area contributed by atoms with Crippen LogP contribution >= 0.6 is 0 Å². The zero-order chi connectivity index (χ0) is 35.3. The lowest BCUT2D eigenvalue weighted by Gasteiger charge is -2.44. The number of fused-ring (bicyclic) bond motifs is 1. The number of amides is 5. The number of nitrogens with one attached hydrogen (secondary N) is 4. The summed E-state index contributed by atoms with van der Waals surface area (Å²) in [5, 5.41) is 9.42. The highest BCUT2D eigenvalue weighted by molar-refractivity contribution is 7.91. The maximum Gasteiger partial charge on any atom is 0.270 e. The minimum Gasteiger partial charge on any atom is -0.346 e. The van der Waals surface area contributed by atoms with E-state index in [-0.39, 0.29) is 31.0 Å². The molecule has 14 heteroatoms. The van der Waals surface area contributed by atoms with Gasteiger partial charge in [-0.2, -0.15) is 0 Å². The van der Waals surface area contributed by atoms with Gasteiger partial charge in [-0.25, -0.2) is 8.42 Å². The highest BCUT2D eigenvalue weighted by Gasteiger charge is 2.54. The van der Waals surface area contributed by atoms with Crippen LogP contribution in [0.15, 0.2) is 48.7 Å². The molecule has 13 nitrogen and oxygen atoms in total. The van der Waals surface area contributed by atoms with Crippen LogP contribution in [-0.4, -0.2) is 83.3 Å². The van der Waals surface area contributed by atoms with E-state index in [1.165, 1.54) is 11.1 Å². The van der Waals surface area contributed by atoms with Crippen molar-refractivity contribution in [3.63, 3.8) is 0 Å². The average molecular weight is 693 g/mol. The number of carbonyl (C=O) groups excluding carboxylic acids is 5. The zero-order valence-electron chi connectivity index (χ0n) is 28.1. The summed E-state index contributed by atoms with van der Waals surface area (Å²) in [4.78, 5) is 74.1. The van der Waals surface area contributed by atoms with Gasteiger partial charge in [0.2, 0.25) is 27.7 Å². The Morgan fingerprint density at radius 3 is 2.39 bits per heavy atom. The van der Waals surface area contributed by atoms with E-state index < -0.39 is 68.0 Å². The Kier molecular flexibility index (Phi) is 9.05. The third-order valence-electron chi connectivity index (χ3n) is 10.0. The fourth-order valence-electron chi connectivity index (χ4n) is 6.61. The van der Waals surface area contributed by atoms with Crippen LogP contribution in [0.3, 0.4) is 0 Å². The standard InChI is InChI=1S/C35H44N6O7S/c1-20-13-15-35(20,33(46)40-49(47,48)24-11-12-24)39-30(43)26-18-23(37-31(44)28-25-8-6-5-7-22(25)14-16-36-28)19-41(26)32(45)29(34(2,3)4)38-27(42)17-21-9-10-21/h5-8,14,16,21,23-24,26,29H,1,9-13,15,17-19H2,2-4H3,(H,37,44)(H,38,42)(H,39,43)(H,40,46)/t23-,26+,29-,35?/m1/s1. The van der Waals surface area contributed by atoms with Crippen LogP contribution in [0.25, 0.3) is 10.8 Å². The maximum atomic E-state index is 14.4.